The second-order valence-corrected chi connectivity index (χ2v) is 7.28. The summed E-state index contributed by atoms with van der Waals surface area (Å²) in [6.45, 7) is 1.38. The summed E-state index contributed by atoms with van der Waals surface area (Å²) >= 11 is 1.39. The molecule has 1 amide bonds. The summed E-state index contributed by atoms with van der Waals surface area (Å²) in [6.07, 6.45) is 4.19. The van der Waals surface area contributed by atoms with Crippen molar-refractivity contribution in [2.24, 2.45) is 7.05 Å². The van der Waals surface area contributed by atoms with E-state index in [1.165, 1.54) is 11.8 Å². The van der Waals surface area contributed by atoms with Gasteiger partial charge in [0.2, 0.25) is 5.91 Å². The zero-order chi connectivity index (χ0) is 17.9. The van der Waals surface area contributed by atoms with Crippen LogP contribution in [0.5, 0.6) is 0 Å². The van der Waals surface area contributed by atoms with Gasteiger partial charge in [-0.1, -0.05) is 30.0 Å². The molecule has 1 fully saturated rings. The Balaban J connectivity index is 1.40. The third-order valence-electron chi connectivity index (χ3n) is 4.55. The molecule has 0 bridgehead atoms. The van der Waals surface area contributed by atoms with Gasteiger partial charge in [0.25, 0.3) is 0 Å². The molecule has 0 radical (unpaired) electrons. The number of aromatic amines is 1. The van der Waals surface area contributed by atoms with E-state index in [9.17, 15) is 4.79 Å². The molecule has 7 nitrogen and oxygen atoms in total. The van der Waals surface area contributed by atoms with Gasteiger partial charge in [0, 0.05) is 42.9 Å². The highest BCUT2D eigenvalue weighted by Crippen LogP contribution is 2.29. The number of hydrogen-bond acceptors (Lipinski definition) is 5. The van der Waals surface area contributed by atoms with Crippen molar-refractivity contribution < 1.29 is 9.53 Å². The molecule has 0 aliphatic carbocycles. The number of carbonyl (C=O) groups is 1. The molecular weight excluding hydrogens is 350 g/mol. The minimum absolute atomic E-state index is 0.0119. The smallest absolute Gasteiger partial charge is 0.230 e. The lowest BCUT2D eigenvalue weighted by Crippen LogP contribution is -2.32. The van der Waals surface area contributed by atoms with Crippen LogP contribution in [0.1, 0.15) is 12.8 Å². The summed E-state index contributed by atoms with van der Waals surface area (Å²) in [5.74, 6) is 1.08. The molecule has 26 heavy (non-hydrogen) atoms. The largest absolute Gasteiger partial charge is 0.376 e. The number of H-pyrrole nitrogens is 1. The van der Waals surface area contributed by atoms with Gasteiger partial charge in [-0.2, -0.15) is 0 Å². The fourth-order valence-corrected chi connectivity index (χ4v) is 3.89. The summed E-state index contributed by atoms with van der Waals surface area (Å²) < 4.78 is 7.44. The van der Waals surface area contributed by atoms with E-state index in [-0.39, 0.29) is 12.0 Å². The normalized spacial score (nSPS) is 17.0. The maximum atomic E-state index is 12.0. The van der Waals surface area contributed by atoms with Crippen LogP contribution in [0.15, 0.2) is 35.6 Å². The molecule has 4 rings (SSSR count). The number of rotatable bonds is 6. The Labute approximate surface area is 155 Å². The van der Waals surface area contributed by atoms with Crippen molar-refractivity contribution in [3.8, 4) is 11.4 Å². The van der Waals surface area contributed by atoms with Gasteiger partial charge >= 0.3 is 0 Å². The van der Waals surface area contributed by atoms with Crippen molar-refractivity contribution in [3.05, 3.63) is 30.5 Å². The van der Waals surface area contributed by atoms with Crippen LogP contribution >= 0.6 is 11.8 Å². The van der Waals surface area contributed by atoms with E-state index >= 15 is 0 Å². The highest BCUT2D eigenvalue weighted by atomic mass is 32.2. The lowest BCUT2D eigenvalue weighted by atomic mass is 10.1. The van der Waals surface area contributed by atoms with Crippen molar-refractivity contribution in [1.29, 1.82) is 0 Å². The Hall–Kier alpha value is -2.32. The lowest BCUT2D eigenvalue weighted by molar-refractivity contribution is -0.119. The fourth-order valence-electron chi connectivity index (χ4n) is 3.15. The van der Waals surface area contributed by atoms with E-state index in [0.717, 1.165) is 46.9 Å². The number of nitrogens with one attached hydrogen (secondary N) is 2. The Morgan fingerprint density at radius 1 is 1.42 bits per heavy atom. The van der Waals surface area contributed by atoms with Crippen molar-refractivity contribution in [1.82, 2.24) is 25.1 Å². The Kier molecular flexibility index (Phi) is 4.94. The molecule has 0 spiro atoms. The van der Waals surface area contributed by atoms with E-state index in [1.807, 2.05) is 36.0 Å². The molecule has 1 aliphatic rings. The summed E-state index contributed by atoms with van der Waals surface area (Å²) in [4.78, 5) is 15.3. The highest BCUT2D eigenvalue weighted by molar-refractivity contribution is 7.99. The first-order chi connectivity index (χ1) is 12.7. The second-order valence-electron chi connectivity index (χ2n) is 6.34. The third kappa shape index (κ3) is 3.47. The van der Waals surface area contributed by atoms with Gasteiger partial charge in [-0.05, 0) is 18.9 Å². The van der Waals surface area contributed by atoms with Gasteiger partial charge in [0.15, 0.2) is 11.0 Å². The monoisotopic (exact) mass is 371 g/mol. The van der Waals surface area contributed by atoms with Gasteiger partial charge in [-0.15, -0.1) is 10.2 Å². The van der Waals surface area contributed by atoms with E-state index in [0.29, 0.717) is 12.3 Å². The van der Waals surface area contributed by atoms with E-state index in [1.54, 1.807) is 0 Å². The van der Waals surface area contributed by atoms with Crippen molar-refractivity contribution in [2.75, 3.05) is 18.9 Å². The summed E-state index contributed by atoms with van der Waals surface area (Å²) in [5.41, 5.74) is 2.07. The Morgan fingerprint density at radius 2 is 2.31 bits per heavy atom. The van der Waals surface area contributed by atoms with Crippen molar-refractivity contribution >= 4 is 28.6 Å². The molecule has 3 heterocycles. The van der Waals surface area contributed by atoms with Crippen molar-refractivity contribution in [2.45, 2.75) is 24.1 Å². The predicted octanol–water partition coefficient (Wildman–Crippen LogP) is 2.35. The minimum Gasteiger partial charge on any atom is -0.376 e. The van der Waals surface area contributed by atoms with Crippen LogP contribution in [-0.2, 0) is 16.6 Å². The van der Waals surface area contributed by atoms with Crippen LogP contribution in [0.4, 0.5) is 0 Å². The Morgan fingerprint density at radius 3 is 3.15 bits per heavy atom. The van der Waals surface area contributed by atoms with Gasteiger partial charge in [0.1, 0.15) is 0 Å². The molecule has 0 saturated carbocycles. The fraction of sp³-hybridized carbons (Fsp3) is 0.389. The van der Waals surface area contributed by atoms with Gasteiger partial charge in [-0.3, -0.25) is 4.79 Å². The molecule has 1 saturated heterocycles. The highest BCUT2D eigenvalue weighted by Gasteiger charge is 2.18. The molecule has 0 unspecified atom stereocenters. The van der Waals surface area contributed by atoms with Crippen LogP contribution in [0.25, 0.3) is 22.3 Å². The average Bonchev–Trinajstić information content (AvgIpc) is 3.38. The maximum absolute atomic E-state index is 12.0. The number of thioether (sulfide) groups is 1. The molecule has 136 valence electrons. The number of amides is 1. The topological polar surface area (TPSA) is 84.8 Å². The molecule has 1 aliphatic heterocycles. The van der Waals surface area contributed by atoms with E-state index in [2.05, 4.69) is 26.6 Å². The standard InChI is InChI=1S/C18H21N5O2S/c1-23-17(14-10-19-15-7-3-2-6-13(14)15)21-22-18(23)26-11-16(24)20-9-12-5-4-8-25-12/h2-3,6-7,10,12,19H,4-5,8-9,11H2,1H3,(H,20,24)/t12-/m1/s1. The van der Waals surface area contributed by atoms with Crippen LogP contribution in [-0.4, -0.2) is 50.7 Å². The number of benzene rings is 1. The number of para-hydroxylation sites is 1. The first kappa shape index (κ1) is 17.1. The first-order valence-corrected chi connectivity index (χ1v) is 9.68. The van der Waals surface area contributed by atoms with E-state index in [4.69, 9.17) is 4.74 Å². The number of hydrogen-bond donors (Lipinski definition) is 2. The van der Waals surface area contributed by atoms with Gasteiger partial charge in [-0.25, -0.2) is 0 Å². The zero-order valence-corrected chi connectivity index (χ0v) is 15.4. The number of ether oxygens (including phenoxy) is 1. The molecule has 1 atom stereocenters. The summed E-state index contributed by atoms with van der Waals surface area (Å²) in [5, 5.41) is 13.3. The first-order valence-electron chi connectivity index (χ1n) is 8.69. The Bertz CT molecular complexity index is 913. The maximum Gasteiger partial charge on any atom is 0.230 e. The second kappa shape index (κ2) is 7.51. The molecule has 8 heteroatoms. The molecule has 2 N–H and O–H groups in total. The molecular formula is C18H21N5O2S. The third-order valence-corrected chi connectivity index (χ3v) is 5.57. The molecule has 3 aromatic rings. The number of aromatic nitrogens is 4. The predicted molar refractivity (Wildman–Crippen MR) is 101 cm³/mol. The molecule has 2 aromatic heterocycles. The van der Waals surface area contributed by atoms with Gasteiger partial charge in [0.05, 0.1) is 11.9 Å². The molecule has 1 aromatic carbocycles. The van der Waals surface area contributed by atoms with Crippen LogP contribution in [0.3, 0.4) is 0 Å². The quantitative estimate of drug-likeness (QED) is 0.650. The van der Waals surface area contributed by atoms with Crippen LogP contribution in [0, 0.1) is 0 Å². The van der Waals surface area contributed by atoms with Crippen LogP contribution in [0.2, 0.25) is 0 Å². The summed E-state index contributed by atoms with van der Waals surface area (Å²) in [6, 6.07) is 8.09. The SMILES string of the molecule is Cn1c(SCC(=O)NC[C@H]2CCCO2)nnc1-c1c[nH]c2ccccc12. The number of fused-ring (bicyclic) bond motifs is 1. The van der Waals surface area contributed by atoms with Crippen LogP contribution < -0.4 is 5.32 Å². The number of nitrogens with zero attached hydrogens (tertiary/aromatic N) is 3. The summed E-state index contributed by atoms with van der Waals surface area (Å²) in [7, 11) is 1.92. The minimum atomic E-state index is -0.0119. The lowest BCUT2D eigenvalue weighted by Gasteiger charge is -2.10. The van der Waals surface area contributed by atoms with Gasteiger partial charge < -0.3 is 19.6 Å². The van der Waals surface area contributed by atoms with E-state index < -0.39 is 0 Å². The van der Waals surface area contributed by atoms with Crippen molar-refractivity contribution in [3.63, 3.8) is 0 Å². The zero-order valence-electron chi connectivity index (χ0n) is 14.6. The average molecular weight is 371 g/mol. The number of carbonyl (C=O) groups excluding carboxylic acids is 1.